The van der Waals surface area contributed by atoms with Crippen molar-refractivity contribution in [3.8, 4) is 33.3 Å². The van der Waals surface area contributed by atoms with Crippen LogP contribution in [0.15, 0.2) is 52.8 Å². The minimum absolute atomic E-state index is 0.0605. The number of amides is 1. The number of hydrogen-bond donors (Lipinski definition) is 1. The van der Waals surface area contributed by atoms with Crippen molar-refractivity contribution in [2.75, 3.05) is 32.8 Å². The molecular formula is C31H32F3N5O3S. The third kappa shape index (κ3) is 6.50. The smallest absolute Gasteiger partial charge is 0.280 e. The van der Waals surface area contributed by atoms with Gasteiger partial charge >= 0.3 is 0 Å². The SMILES string of the molecule is CCOc1ccc(F)cc1-n1c(CC(C)C)c(C(=O)N2CCNCC2)cc(-c2nc(-c3ccc(C(F)F)nc3)cs2)c1=O. The topological polar surface area (TPSA) is 89.3 Å². The minimum atomic E-state index is -2.70. The van der Waals surface area contributed by atoms with Crippen LogP contribution in [-0.4, -0.2) is 58.1 Å². The fraction of sp³-hybridized carbons (Fsp3) is 0.355. The van der Waals surface area contributed by atoms with E-state index < -0.39 is 17.8 Å². The van der Waals surface area contributed by atoms with Crippen molar-refractivity contribution in [3.05, 3.63) is 81.1 Å². The Bertz CT molecular complexity index is 1660. The molecule has 0 saturated carbocycles. The predicted octanol–water partition coefficient (Wildman–Crippen LogP) is 5.74. The van der Waals surface area contributed by atoms with Crippen molar-refractivity contribution in [3.63, 3.8) is 0 Å². The summed E-state index contributed by atoms with van der Waals surface area (Å²) >= 11 is 1.18. The highest BCUT2D eigenvalue weighted by atomic mass is 32.1. The second-order valence-electron chi connectivity index (χ2n) is 10.6. The van der Waals surface area contributed by atoms with E-state index in [0.717, 1.165) is 0 Å². The lowest BCUT2D eigenvalue weighted by Gasteiger charge is -2.29. The molecule has 1 N–H and O–H groups in total. The molecule has 226 valence electrons. The first kappa shape index (κ1) is 30.4. The van der Waals surface area contributed by atoms with Crippen LogP contribution in [0.25, 0.3) is 27.5 Å². The Morgan fingerprint density at radius 3 is 2.56 bits per heavy atom. The Labute approximate surface area is 251 Å². The first-order valence-electron chi connectivity index (χ1n) is 14.1. The number of pyridine rings is 2. The molecule has 0 spiro atoms. The Kier molecular flexibility index (Phi) is 9.26. The average Bonchev–Trinajstić information content (AvgIpc) is 3.48. The van der Waals surface area contributed by atoms with E-state index >= 15 is 0 Å². The van der Waals surface area contributed by atoms with E-state index in [2.05, 4.69) is 15.3 Å². The van der Waals surface area contributed by atoms with Gasteiger partial charge in [-0.05, 0) is 49.6 Å². The number of thiazole rings is 1. The lowest BCUT2D eigenvalue weighted by molar-refractivity contribution is 0.0733. The number of halogens is 3. The van der Waals surface area contributed by atoms with Crippen molar-refractivity contribution >= 4 is 17.2 Å². The van der Waals surface area contributed by atoms with Gasteiger partial charge in [-0.3, -0.25) is 19.1 Å². The molecule has 3 aromatic heterocycles. The van der Waals surface area contributed by atoms with E-state index in [1.807, 2.05) is 13.8 Å². The van der Waals surface area contributed by atoms with Gasteiger partial charge in [0, 0.05) is 55.1 Å². The number of carbonyl (C=O) groups excluding carboxylic acids is 1. The first-order chi connectivity index (χ1) is 20.7. The minimum Gasteiger partial charge on any atom is -0.492 e. The second kappa shape index (κ2) is 13.1. The van der Waals surface area contributed by atoms with Crippen molar-refractivity contribution in [1.29, 1.82) is 0 Å². The first-order valence-corrected chi connectivity index (χ1v) is 15.0. The molecule has 8 nitrogen and oxygen atoms in total. The normalized spacial score (nSPS) is 13.6. The van der Waals surface area contributed by atoms with Crippen LogP contribution in [0.3, 0.4) is 0 Å². The molecule has 1 saturated heterocycles. The number of rotatable bonds is 9. The highest BCUT2D eigenvalue weighted by Gasteiger charge is 2.28. The van der Waals surface area contributed by atoms with E-state index in [1.165, 1.54) is 52.4 Å². The largest absolute Gasteiger partial charge is 0.492 e. The van der Waals surface area contributed by atoms with Crippen molar-refractivity contribution in [2.45, 2.75) is 33.6 Å². The van der Waals surface area contributed by atoms with Gasteiger partial charge in [-0.15, -0.1) is 11.3 Å². The van der Waals surface area contributed by atoms with Crippen LogP contribution in [0, 0.1) is 11.7 Å². The van der Waals surface area contributed by atoms with Crippen LogP contribution < -0.4 is 15.6 Å². The lowest BCUT2D eigenvalue weighted by atomic mass is 9.99. The van der Waals surface area contributed by atoms with Crippen LogP contribution in [0.2, 0.25) is 0 Å². The molecule has 0 unspecified atom stereocenters. The molecule has 5 rings (SSSR count). The van der Waals surface area contributed by atoms with Gasteiger partial charge in [-0.1, -0.05) is 13.8 Å². The van der Waals surface area contributed by atoms with E-state index in [1.54, 1.807) is 23.3 Å². The van der Waals surface area contributed by atoms with Crippen LogP contribution in [-0.2, 0) is 6.42 Å². The maximum absolute atomic E-state index is 14.7. The van der Waals surface area contributed by atoms with E-state index in [4.69, 9.17) is 4.74 Å². The zero-order chi connectivity index (χ0) is 30.7. The number of hydrogen-bond acceptors (Lipinski definition) is 7. The molecule has 0 aliphatic carbocycles. The Hall–Kier alpha value is -4.03. The summed E-state index contributed by atoms with van der Waals surface area (Å²) in [4.78, 5) is 38.6. The summed E-state index contributed by atoms with van der Waals surface area (Å²) in [6.45, 7) is 8.33. The monoisotopic (exact) mass is 611 g/mol. The van der Waals surface area contributed by atoms with Gasteiger partial charge in [0.1, 0.15) is 22.3 Å². The zero-order valence-corrected chi connectivity index (χ0v) is 24.9. The van der Waals surface area contributed by atoms with E-state index in [-0.39, 0.29) is 35.4 Å². The summed E-state index contributed by atoms with van der Waals surface area (Å²) in [5.41, 5.74) is 1.27. The van der Waals surface area contributed by atoms with E-state index in [0.29, 0.717) is 65.9 Å². The number of aromatic nitrogens is 3. The zero-order valence-electron chi connectivity index (χ0n) is 24.1. The third-order valence-electron chi connectivity index (χ3n) is 7.04. The number of piperazine rings is 1. The number of nitrogens with zero attached hydrogens (tertiary/aromatic N) is 4. The van der Waals surface area contributed by atoms with Gasteiger partial charge < -0.3 is 15.0 Å². The Morgan fingerprint density at radius 1 is 1.14 bits per heavy atom. The van der Waals surface area contributed by atoms with Crippen LogP contribution >= 0.6 is 11.3 Å². The lowest BCUT2D eigenvalue weighted by Crippen LogP contribution is -2.47. The van der Waals surface area contributed by atoms with Gasteiger partial charge in [-0.2, -0.15) is 0 Å². The van der Waals surface area contributed by atoms with Crippen molar-refractivity contribution in [2.24, 2.45) is 5.92 Å². The fourth-order valence-corrected chi connectivity index (χ4v) is 5.87. The average molecular weight is 612 g/mol. The molecule has 1 fully saturated rings. The number of carbonyl (C=O) groups is 1. The fourth-order valence-electron chi connectivity index (χ4n) is 5.03. The molecule has 4 heterocycles. The molecule has 4 aromatic rings. The highest BCUT2D eigenvalue weighted by molar-refractivity contribution is 7.13. The maximum atomic E-state index is 14.7. The molecule has 1 aromatic carbocycles. The predicted molar refractivity (Wildman–Crippen MR) is 160 cm³/mol. The number of ether oxygens (including phenoxy) is 1. The molecule has 1 aliphatic heterocycles. The number of benzene rings is 1. The summed E-state index contributed by atoms with van der Waals surface area (Å²) in [7, 11) is 0. The molecule has 12 heteroatoms. The summed E-state index contributed by atoms with van der Waals surface area (Å²) < 4.78 is 48.0. The van der Waals surface area contributed by atoms with Gasteiger partial charge in [0.15, 0.2) is 0 Å². The molecule has 43 heavy (non-hydrogen) atoms. The molecule has 0 atom stereocenters. The standard InChI is InChI=1S/C31H32F3N5O3S/c1-4-42-27-8-6-20(32)14-26(27)39-25(13-18(2)3)21(30(40)38-11-9-35-10-12-38)15-22(31(39)41)29-37-24(17-43-29)19-5-7-23(28(33)34)36-16-19/h5-8,14-18,28,35H,4,9-13H2,1-3H3. The second-order valence-corrected chi connectivity index (χ2v) is 11.4. The maximum Gasteiger partial charge on any atom is 0.280 e. The summed E-state index contributed by atoms with van der Waals surface area (Å²) in [5, 5.41) is 5.27. The number of alkyl halides is 2. The third-order valence-corrected chi connectivity index (χ3v) is 7.92. The van der Waals surface area contributed by atoms with Gasteiger partial charge in [0.25, 0.3) is 17.9 Å². The number of nitrogens with one attached hydrogen (secondary N) is 1. The van der Waals surface area contributed by atoms with Crippen molar-refractivity contribution < 1.29 is 22.7 Å². The molecule has 1 aliphatic rings. The van der Waals surface area contributed by atoms with Gasteiger partial charge in [0.05, 0.1) is 29.1 Å². The Balaban J connectivity index is 1.74. The summed E-state index contributed by atoms with van der Waals surface area (Å²) in [6, 6.07) is 8.29. The molecule has 1 amide bonds. The van der Waals surface area contributed by atoms with Gasteiger partial charge in [-0.25, -0.2) is 18.2 Å². The summed E-state index contributed by atoms with van der Waals surface area (Å²) in [6.07, 6.45) is -1.01. The van der Waals surface area contributed by atoms with Gasteiger partial charge in [0.2, 0.25) is 0 Å². The summed E-state index contributed by atoms with van der Waals surface area (Å²) in [5.74, 6) is -0.424. The van der Waals surface area contributed by atoms with Crippen LogP contribution in [0.1, 0.15) is 48.9 Å². The molecular weight excluding hydrogens is 579 g/mol. The Morgan fingerprint density at radius 2 is 1.91 bits per heavy atom. The quantitative estimate of drug-likeness (QED) is 0.260. The highest BCUT2D eigenvalue weighted by Crippen LogP contribution is 2.32. The van der Waals surface area contributed by atoms with E-state index in [9.17, 15) is 22.8 Å². The van der Waals surface area contributed by atoms with Crippen LogP contribution in [0.4, 0.5) is 13.2 Å². The van der Waals surface area contributed by atoms with Crippen molar-refractivity contribution in [1.82, 2.24) is 24.8 Å². The van der Waals surface area contributed by atoms with Crippen LogP contribution in [0.5, 0.6) is 5.75 Å². The molecule has 0 radical (unpaired) electrons. The molecule has 0 bridgehead atoms.